The van der Waals surface area contributed by atoms with Crippen molar-refractivity contribution in [2.75, 3.05) is 18.6 Å². The summed E-state index contributed by atoms with van der Waals surface area (Å²) in [5, 5.41) is 11.1. The first kappa shape index (κ1) is 18.5. The molecule has 142 valence electrons. The number of carbonyl (C=O) groups excluding carboxylic acids is 1. The molecule has 4 nitrogen and oxygen atoms in total. The Bertz CT molecular complexity index is 868. The Kier molecular flexibility index (Phi) is 5.01. The largest absolute Gasteiger partial charge is 0.385 e. The Morgan fingerprint density at radius 1 is 1.19 bits per heavy atom. The summed E-state index contributed by atoms with van der Waals surface area (Å²) in [6.07, 6.45) is 2.69. The maximum absolute atomic E-state index is 11.9. The Hall–Kier alpha value is -1.82. The summed E-state index contributed by atoms with van der Waals surface area (Å²) in [5.41, 5.74) is 2.38. The lowest BCUT2D eigenvalue weighted by molar-refractivity contribution is -0.118. The monoisotopic (exact) mass is 383 g/mol. The first-order chi connectivity index (χ1) is 12.9. The number of benzene rings is 2. The van der Waals surface area contributed by atoms with Crippen LogP contribution in [0.15, 0.2) is 52.3 Å². The van der Waals surface area contributed by atoms with E-state index in [1.165, 1.54) is 5.56 Å². The van der Waals surface area contributed by atoms with Crippen LogP contribution in [0.4, 0.5) is 5.69 Å². The van der Waals surface area contributed by atoms with Crippen LogP contribution in [0.2, 0.25) is 0 Å². The molecule has 1 saturated heterocycles. The van der Waals surface area contributed by atoms with Gasteiger partial charge in [-0.05, 0) is 54.8 Å². The van der Waals surface area contributed by atoms with E-state index in [1.54, 1.807) is 16.7 Å². The molecule has 27 heavy (non-hydrogen) atoms. The van der Waals surface area contributed by atoms with Gasteiger partial charge in [-0.15, -0.1) is 0 Å². The van der Waals surface area contributed by atoms with Crippen LogP contribution < -0.4 is 4.90 Å². The van der Waals surface area contributed by atoms with Crippen molar-refractivity contribution in [2.24, 2.45) is 0 Å². The zero-order chi connectivity index (χ0) is 19.0. The van der Waals surface area contributed by atoms with Crippen molar-refractivity contribution in [2.45, 2.75) is 54.1 Å². The van der Waals surface area contributed by atoms with Crippen LogP contribution in [-0.4, -0.2) is 30.8 Å². The Labute approximate surface area is 164 Å². The molecular weight excluding hydrogens is 358 g/mol. The van der Waals surface area contributed by atoms with Crippen molar-refractivity contribution < 1.29 is 14.6 Å². The van der Waals surface area contributed by atoms with Gasteiger partial charge >= 0.3 is 0 Å². The summed E-state index contributed by atoms with van der Waals surface area (Å²) in [7, 11) is 1.84. The Morgan fingerprint density at radius 2 is 2.00 bits per heavy atom. The third-order valence-corrected chi connectivity index (χ3v) is 6.52. The van der Waals surface area contributed by atoms with E-state index in [1.807, 2.05) is 32.2 Å². The number of ether oxygens (including phenoxy) is 1. The highest BCUT2D eigenvalue weighted by Gasteiger charge is 2.35. The van der Waals surface area contributed by atoms with Crippen LogP contribution in [0.3, 0.4) is 0 Å². The second kappa shape index (κ2) is 7.30. The molecule has 0 saturated carbocycles. The predicted molar refractivity (Wildman–Crippen MR) is 107 cm³/mol. The smallest absolute Gasteiger partial charge is 0.227 e. The second-order valence-corrected chi connectivity index (χ2v) is 8.69. The number of aliphatic hydroxyl groups is 1. The van der Waals surface area contributed by atoms with E-state index in [0.29, 0.717) is 25.9 Å². The number of fused-ring (bicyclic) bond motifs is 1. The summed E-state index contributed by atoms with van der Waals surface area (Å²) in [4.78, 5) is 15.9. The van der Waals surface area contributed by atoms with E-state index in [4.69, 9.17) is 4.74 Å². The van der Waals surface area contributed by atoms with E-state index < -0.39 is 5.60 Å². The molecule has 4 rings (SSSR count). The summed E-state index contributed by atoms with van der Waals surface area (Å²) < 4.78 is 5.60. The minimum absolute atomic E-state index is 0.0698. The van der Waals surface area contributed by atoms with Crippen molar-refractivity contribution in [3.05, 3.63) is 53.6 Å². The van der Waals surface area contributed by atoms with E-state index in [0.717, 1.165) is 27.5 Å². The molecule has 2 aliphatic rings. The van der Waals surface area contributed by atoms with Crippen molar-refractivity contribution in [1.29, 1.82) is 0 Å². The molecule has 2 aromatic rings. The highest BCUT2D eigenvalue weighted by atomic mass is 32.2. The molecule has 1 amide bonds. The van der Waals surface area contributed by atoms with Gasteiger partial charge in [0.25, 0.3) is 0 Å². The normalized spacial score (nSPS) is 25.4. The number of carbonyl (C=O) groups is 1. The molecule has 1 fully saturated rings. The fourth-order valence-electron chi connectivity index (χ4n) is 4.01. The Balaban J connectivity index is 1.56. The lowest BCUT2D eigenvalue weighted by Crippen LogP contribution is -2.37. The maximum Gasteiger partial charge on any atom is 0.227 e. The van der Waals surface area contributed by atoms with Gasteiger partial charge in [-0.25, -0.2) is 0 Å². The molecule has 0 aromatic heterocycles. The molecule has 2 heterocycles. The zero-order valence-corrected chi connectivity index (χ0v) is 16.6. The third kappa shape index (κ3) is 3.77. The molecule has 0 bridgehead atoms. The van der Waals surface area contributed by atoms with Crippen molar-refractivity contribution in [3.63, 3.8) is 0 Å². The third-order valence-electron chi connectivity index (χ3n) is 5.54. The second-order valence-electron chi connectivity index (χ2n) is 7.54. The molecule has 0 radical (unpaired) electrons. The molecule has 0 unspecified atom stereocenters. The average Bonchev–Trinajstić information content (AvgIpc) is 2.65. The fraction of sp³-hybridized carbons (Fsp3) is 0.409. The minimum atomic E-state index is -0.812. The van der Waals surface area contributed by atoms with Crippen molar-refractivity contribution in [1.82, 2.24) is 0 Å². The average molecular weight is 384 g/mol. The van der Waals surface area contributed by atoms with Gasteiger partial charge in [0, 0.05) is 41.8 Å². The van der Waals surface area contributed by atoms with Crippen LogP contribution in [0.1, 0.15) is 37.3 Å². The molecule has 2 atom stereocenters. The van der Waals surface area contributed by atoms with Gasteiger partial charge in [0.2, 0.25) is 5.91 Å². The summed E-state index contributed by atoms with van der Waals surface area (Å²) in [6.45, 7) is 2.60. The molecule has 1 N–H and O–H groups in total. The quantitative estimate of drug-likeness (QED) is 0.866. The summed E-state index contributed by atoms with van der Waals surface area (Å²) >= 11 is 1.69. The number of hydrogen-bond donors (Lipinski definition) is 1. The summed E-state index contributed by atoms with van der Waals surface area (Å²) in [5.74, 6) is 0.175. The molecule has 0 spiro atoms. The molecule has 0 aliphatic carbocycles. The number of rotatable bonds is 3. The highest BCUT2D eigenvalue weighted by molar-refractivity contribution is 7.99. The highest BCUT2D eigenvalue weighted by Crippen LogP contribution is 2.38. The van der Waals surface area contributed by atoms with E-state index in [2.05, 4.69) is 24.3 Å². The standard InChI is InChI=1S/C22H25NO3S/c1-15-14-22(25,10-11-26-15)17-4-3-5-18(13-17)27-19-7-8-20-16(12-19)6-9-21(24)23(20)2/h3-5,7-8,12-13,15,25H,6,9-11,14H2,1-2H3/t15-,22+/m0/s1. The first-order valence-electron chi connectivity index (χ1n) is 9.46. The van der Waals surface area contributed by atoms with Gasteiger partial charge in [0.05, 0.1) is 18.3 Å². The van der Waals surface area contributed by atoms with Gasteiger partial charge < -0.3 is 14.7 Å². The number of hydrogen-bond acceptors (Lipinski definition) is 4. The topological polar surface area (TPSA) is 49.8 Å². The van der Waals surface area contributed by atoms with E-state index >= 15 is 0 Å². The Morgan fingerprint density at radius 3 is 2.81 bits per heavy atom. The van der Waals surface area contributed by atoms with Gasteiger partial charge in [0.1, 0.15) is 0 Å². The van der Waals surface area contributed by atoms with Crippen LogP contribution in [0, 0.1) is 0 Å². The van der Waals surface area contributed by atoms with Crippen LogP contribution >= 0.6 is 11.8 Å². The molecule has 5 heteroatoms. The fourth-order valence-corrected chi connectivity index (χ4v) is 4.95. The van der Waals surface area contributed by atoms with Crippen molar-refractivity contribution >= 4 is 23.4 Å². The maximum atomic E-state index is 11.9. The predicted octanol–water partition coefficient (Wildman–Crippen LogP) is 4.13. The number of amides is 1. The minimum Gasteiger partial charge on any atom is -0.385 e. The molecule has 2 aromatic carbocycles. The van der Waals surface area contributed by atoms with Gasteiger partial charge in [-0.2, -0.15) is 0 Å². The SMILES string of the molecule is C[C@H]1C[C@@](O)(c2cccc(Sc3ccc4c(c3)CCC(=O)N4C)c2)CCO1. The van der Waals surface area contributed by atoms with Gasteiger partial charge in [-0.1, -0.05) is 23.9 Å². The van der Waals surface area contributed by atoms with E-state index in [9.17, 15) is 9.90 Å². The molecular formula is C22H25NO3S. The lowest BCUT2D eigenvalue weighted by Gasteiger charge is -2.36. The summed E-state index contributed by atoms with van der Waals surface area (Å²) in [6, 6.07) is 14.5. The number of anilines is 1. The van der Waals surface area contributed by atoms with Gasteiger partial charge in [0.15, 0.2) is 0 Å². The van der Waals surface area contributed by atoms with Gasteiger partial charge in [-0.3, -0.25) is 4.79 Å². The lowest BCUT2D eigenvalue weighted by atomic mass is 9.84. The molecule has 2 aliphatic heterocycles. The van der Waals surface area contributed by atoms with E-state index in [-0.39, 0.29) is 12.0 Å². The van der Waals surface area contributed by atoms with Crippen LogP contribution in [-0.2, 0) is 21.6 Å². The van der Waals surface area contributed by atoms with Crippen LogP contribution in [0.25, 0.3) is 0 Å². The zero-order valence-electron chi connectivity index (χ0n) is 15.8. The number of aryl methyl sites for hydroxylation is 1. The van der Waals surface area contributed by atoms with Crippen LogP contribution in [0.5, 0.6) is 0 Å². The first-order valence-corrected chi connectivity index (χ1v) is 10.3. The van der Waals surface area contributed by atoms with Crippen molar-refractivity contribution in [3.8, 4) is 0 Å². The number of nitrogens with zero attached hydrogens (tertiary/aromatic N) is 1.